The molecule has 1 atom stereocenters. The van der Waals surface area contributed by atoms with E-state index in [-0.39, 0.29) is 13.1 Å². The fourth-order valence-corrected chi connectivity index (χ4v) is 9.99. The van der Waals surface area contributed by atoms with Crippen molar-refractivity contribution in [3.63, 3.8) is 0 Å². The summed E-state index contributed by atoms with van der Waals surface area (Å²) >= 11 is 0. The van der Waals surface area contributed by atoms with Gasteiger partial charge in [-0.15, -0.1) is 0 Å². The first-order valence-electron chi connectivity index (χ1n) is 7.58. The Balaban J connectivity index is 2.67. The summed E-state index contributed by atoms with van der Waals surface area (Å²) in [7, 11) is -0.216. The van der Waals surface area contributed by atoms with Gasteiger partial charge in [0, 0.05) is 5.16 Å². The van der Waals surface area contributed by atoms with Crippen LogP contribution in [-0.2, 0) is 5.16 Å². The zero-order valence-corrected chi connectivity index (χ0v) is 15.2. The maximum absolute atomic E-state index is 2.54. The second-order valence-corrected chi connectivity index (χ2v) is 12.5. The van der Waals surface area contributed by atoms with Crippen LogP contribution in [-0.4, -0.2) is 10.3 Å². The van der Waals surface area contributed by atoms with Crippen molar-refractivity contribution in [2.24, 2.45) is 0 Å². The quantitative estimate of drug-likeness (QED) is 0.525. The normalized spacial score (nSPS) is 22.9. The number of allylic oxidation sites excluding steroid dienone is 2. The lowest BCUT2D eigenvalue weighted by Gasteiger charge is -2.51. The maximum Gasteiger partial charge on any atom is 0.0325 e. The van der Waals surface area contributed by atoms with Gasteiger partial charge in [-0.25, -0.2) is 0 Å². The fraction of sp³-hybridized carbons (Fsp3) is 0.579. The highest BCUT2D eigenvalue weighted by atomic mass is 31.1. The molecule has 0 nitrogen and oxygen atoms in total. The minimum Gasteiger partial charge on any atom is -0.0809 e. The summed E-state index contributed by atoms with van der Waals surface area (Å²) in [6.07, 6.45) is 2.54. The molecule has 0 heterocycles. The first kappa shape index (κ1) is 15.8. The van der Waals surface area contributed by atoms with E-state index in [9.17, 15) is 0 Å². The molecule has 0 N–H and O–H groups in total. The second kappa shape index (κ2) is 4.70. The zero-order valence-electron chi connectivity index (χ0n) is 14.3. The van der Waals surface area contributed by atoms with Gasteiger partial charge in [0.2, 0.25) is 0 Å². The van der Waals surface area contributed by atoms with Gasteiger partial charge >= 0.3 is 0 Å². The molecule has 0 saturated carbocycles. The smallest absolute Gasteiger partial charge is 0.0325 e. The van der Waals surface area contributed by atoms with Crippen LogP contribution >= 0.6 is 7.92 Å². The van der Waals surface area contributed by atoms with Gasteiger partial charge in [0.1, 0.15) is 0 Å². The lowest BCUT2D eigenvalue weighted by Crippen LogP contribution is -2.35. The molecular formula is C19H29P. The van der Waals surface area contributed by atoms with E-state index in [0.717, 1.165) is 0 Å². The van der Waals surface area contributed by atoms with E-state index < -0.39 is 0 Å². The highest BCUT2D eigenvalue weighted by Crippen LogP contribution is 2.73. The third-order valence-electron chi connectivity index (χ3n) is 4.20. The van der Waals surface area contributed by atoms with Crippen molar-refractivity contribution in [2.45, 2.75) is 70.9 Å². The van der Waals surface area contributed by atoms with Crippen molar-refractivity contribution < 1.29 is 0 Å². The van der Waals surface area contributed by atoms with Crippen LogP contribution in [0.3, 0.4) is 0 Å². The highest BCUT2D eigenvalue weighted by Gasteiger charge is 2.49. The molecule has 0 fully saturated rings. The molecule has 1 unspecified atom stereocenters. The molecule has 2 rings (SSSR count). The molecule has 0 aromatic heterocycles. The van der Waals surface area contributed by atoms with Gasteiger partial charge in [-0.05, 0) is 40.9 Å². The van der Waals surface area contributed by atoms with Gasteiger partial charge in [-0.1, -0.05) is 79.8 Å². The first-order chi connectivity index (χ1) is 8.98. The van der Waals surface area contributed by atoms with Crippen molar-refractivity contribution in [1.82, 2.24) is 0 Å². The Hall–Kier alpha value is -0.610. The molecule has 1 aromatic carbocycles. The average molecular weight is 288 g/mol. The third kappa shape index (κ3) is 2.48. The van der Waals surface area contributed by atoms with E-state index >= 15 is 0 Å². The standard InChI is InChI=1S/C19H29P/c1-14-13-19(8,16-12-10-9-11-15(14)16)20(17(2,3)4)18(5,6)7/h9-13H,1-8H3. The van der Waals surface area contributed by atoms with Gasteiger partial charge < -0.3 is 0 Å². The monoisotopic (exact) mass is 288 g/mol. The minimum atomic E-state index is -0.216. The summed E-state index contributed by atoms with van der Waals surface area (Å²) in [4.78, 5) is 0. The lowest BCUT2D eigenvalue weighted by molar-refractivity contribution is 0.663. The Morgan fingerprint density at radius 2 is 1.40 bits per heavy atom. The molecule has 20 heavy (non-hydrogen) atoms. The summed E-state index contributed by atoms with van der Waals surface area (Å²) in [5.41, 5.74) is 4.44. The number of rotatable bonds is 1. The maximum atomic E-state index is 2.54. The molecule has 0 bridgehead atoms. The molecule has 0 amide bonds. The summed E-state index contributed by atoms with van der Waals surface area (Å²) in [5.74, 6) is 0. The van der Waals surface area contributed by atoms with Crippen molar-refractivity contribution in [2.75, 3.05) is 0 Å². The number of benzene rings is 1. The van der Waals surface area contributed by atoms with Gasteiger partial charge in [-0.2, -0.15) is 0 Å². The van der Waals surface area contributed by atoms with Gasteiger partial charge in [0.25, 0.3) is 0 Å². The van der Waals surface area contributed by atoms with Crippen molar-refractivity contribution in [1.29, 1.82) is 0 Å². The van der Waals surface area contributed by atoms with E-state index in [4.69, 9.17) is 0 Å². The summed E-state index contributed by atoms with van der Waals surface area (Å²) in [6, 6.07) is 8.99. The molecule has 0 aliphatic heterocycles. The minimum absolute atomic E-state index is 0.187. The average Bonchev–Trinajstić information content (AvgIpc) is 2.48. The largest absolute Gasteiger partial charge is 0.0809 e. The Labute approximate surface area is 126 Å². The van der Waals surface area contributed by atoms with E-state index in [1.54, 1.807) is 0 Å². The van der Waals surface area contributed by atoms with E-state index in [1.807, 2.05) is 0 Å². The van der Waals surface area contributed by atoms with E-state index in [1.165, 1.54) is 16.7 Å². The van der Waals surface area contributed by atoms with Crippen LogP contribution in [0.1, 0.15) is 66.5 Å². The summed E-state index contributed by atoms with van der Waals surface area (Å²) in [6.45, 7) is 19.2. The Morgan fingerprint density at radius 1 is 0.900 bits per heavy atom. The Kier molecular flexibility index (Phi) is 3.71. The van der Waals surface area contributed by atoms with Crippen molar-refractivity contribution in [3.05, 3.63) is 41.5 Å². The molecule has 1 heteroatoms. The molecule has 1 aromatic rings. The van der Waals surface area contributed by atoms with Crippen LogP contribution in [0.25, 0.3) is 5.57 Å². The number of hydrogen-bond donors (Lipinski definition) is 0. The predicted molar refractivity (Wildman–Crippen MR) is 93.9 cm³/mol. The lowest BCUT2D eigenvalue weighted by atomic mass is 10.0. The topological polar surface area (TPSA) is 0 Å². The van der Waals surface area contributed by atoms with Gasteiger partial charge in [0.05, 0.1) is 0 Å². The molecular weight excluding hydrogens is 259 g/mol. The molecule has 0 spiro atoms. The van der Waals surface area contributed by atoms with Crippen LogP contribution in [0.4, 0.5) is 0 Å². The van der Waals surface area contributed by atoms with Crippen LogP contribution in [0.15, 0.2) is 30.3 Å². The van der Waals surface area contributed by atoms with Gasteiger partial charge in [0.15, 0.2) is 0 Å². The van der Waals surface area contributed by atoms with Gasteiger partial charge in [-0.3, -0.25) is 0 Å². The Bertz CT molecular complexity index is 526. The highest BCUT2D eigenvalue weighted by molar-refractivity contribution is 7.62. The zero-order chi connectivity index (χ0) is 15.3. The molecule has 1 aliphatic carbocycles. The molecule has 0 radical (unpaired) electrons. The number of fused-ring (bicyclic) bond motifs is 1. The third-order valence-corrected chi connectivity index (χ3v) is 8.18. The van der Waals surface area contributed by atoms with Crippen LogP contribution in [0.2, 0.25) is 0 Å². The summed E-state index contributed by atoms with van der Waals surface area (Å²) in [5, 5.41) is 0.847. The van der Waals surface area contributed by atoms with E-state index in [0.29, 0.717) is 10.3 Å². The van der Waals surface area contributed by atoms with E-state index in [2.05, 4.69) is 85.7 Å². The fourth-order valence-electron chi connectivity index (χ4n) is 4.43. The molecule has 1 aliphatic rings. The SMILES string of the molecule is CC1=CC(C)(P(C(C)(C)C)C(C)(C)C)c2ccccc21. The van der Waals surface area contributed by atoms with Crippen LogP contribution in [0, 0.1) is 0 Å². The van der Waals surface area contributed by atoms with Crippen molar-refractivity contribution >= 4 is 13.5 Å². The number of hydrogen-bond acceptors (Lipinski definition) is 0. The molecule has 0 saturated heterocycles. The summed E-state index contributed by atoms with van der Waals surface area (Å²) < 4.78 is 0. The second-order valence-electron chi connectivity index (χ2n) is 8.20. The molecule has 110 valence electrons. The van der Waals surface area contributed by atoms with Crippen molar-refractivity contribution in [3.8, 4) is 0 Å². The van der Waals surface area contributed by atoms with Crippen LogP contribution < -0.4 is 0 Å². The first-order valence-corrected chi connectivity index (χ1v) is 8.92. The Morgan fingerprint density at radius 3 is 1.90 bits per heavy atom. The predicted octanol–water partition coefficient (Wildman–Crippen LogP) is 6.40. The van der Waals surface area contributed by atoms with Crippen LogP contribution in [0.5, 0.6) is 0 Å².